The zero-order valence-corrected chi connectivity index (χ0v) is 28.3. The second-order valence-electron chi connectivity index (χ2n) is 14.5. The predicted molar refractivity (Wildman–Crippen MR) is 177 cm³/mol. The molecule has 1 aromatic carbocycles. The summed E-state index contributed by atoms with van der Waals surface area (Å²) >= 11 is 6.93. The van der Waals surface area contributed by atoms with Gasteiger partial charge in [-0.25, -0.2) is 9.18 Å². The molecule has 8 rings (SSSR count). The molecular formula is C34H43ClFN7O5. The van der Waals surface area contributed by atoms with Crippen LogP contribution in [0.1, 0.15) is 68.2 Å². The third-order valence-electron chi connectivity index (χ3n) is 11.3. The lowest BCUT2D eigenvalue weighted by atomic mass is 9.88. The zero-order valence-electron chi connectivity index (χ0n) is 27.5. The number of carbonyl (C=O) groups excluding carboxylic acids is 2. The van der Waals surface area contributed by atoms with E-state index in [2.05, 4.69) is 32.3 Å². The molecule has 14 heteroatoms. The highest BCUT2D eigenvalue weighted by Crippen LogP contribution is 2.54. The summed E-state index contributed by atoms with van der Waals surface area (Å²) in [5.41, 5.74) is 2.65. The number of imide groups is 1. The van der Waals surface area contributed by atoms with E-state index in [0.29, 0.717) is 87.6 Å². The molecule has 4 saturated heterocycles. The number of anilines is 2. The number of nitrogens with zero attached hydrogens (tertiary/aromatic N) is 5. The number of urea groups is 1. The number of aromatic nitrogens is 2. The van der Waals surface area contributed by atoms with E-state index >= 15 is 0 Å². The minimum Gasteiger partial charge on any atom is -0.467 e. The Morgan fingerprint density at radius 2 is 1.94 bits per heavy atom. The molecule has 48 heavy (non-hydrogen) atoms. The highest BCUT2D eigenvalue weighted by molar-refractivity contribution is 6.32. The van der Waals surface area contributed by atoms with Crippen LogP contribution in [0.4, 0.5) is 20.7 Å². The number of ether oxygens (including phenoxy) is 3. The van der Waals surface area contributed by atoms with Crippen LogP contribution in [0.2, 0.25) is 5.02 Å². The van der Waals surface area contributed by atoms with Crippen molar-refractivity contribution >= 4 is 35.0 Å². The van der Waals surface area contributed by atoms with Gasteiger partial charge >= 0.3 is 12.0 Å². The quantitative estimate of drug-likeness (QED) is 0.297. The zero-order chi connectivity index (χ0) is 33.2. The summed E-state index contributed by atoms with van der Waals surface area (Å²) in [6, 6.07) is 3.70. The minimum absolute atomic E-state index is 0.118. The lowest BCUT2D eigenvalue weighted by molar-refractivity contribution is -0.124. The molecule has 1 spiro atoms. The monoisotopic (exact) mass is 683 g/mol. The number of amides is 3. The van der Waals surface area contributed by atoms with Gasteiger partial charge in [0.1, 0.15) is 29.9 Å². The van der Waals surface area contributed by atoms with E-state index in [4.69, 9.17) is 35.8 Å². The van der Waals surface area contributed by atoms with Crippen molar-refractivity contribution in [2.75, 3.05) is 63.0 Å². The van der Waals surface area contributed by atoms with Gasteiger partial charge in [-0.15, -0.1) is 0 Å². The van der Waals surface area contributed by atoms with Crippen LogP contribution >= 0.6 is 11.6 Å². The Labute approximate surface area is 284 Å². The summed E-state index contributed by atoms with van der Waals surface area (Å²) in [6.07, 6.45) is 4.49. The van der Waals surface area contributed by atoms with Crippen molar-refractivity contribution < 1.29 is 28.2 Å². The highest BCUT2D eigenvalue weighted by Gasteiger charge is 2.51. The maximum atomic E-state index is 14.6. The van der Waals surface area contributed by atoms with Gasteiger partial charge in [-0.05, 0) is 68.5 Å². The number of hydrogen-bond acceptors (Lipinski definition) is 10. The number of fused-ring (bicyclic) bond motifs is 2. The lowest BCUT2D eigenvalue weighted by Gasteiger charge is -2.41. The number of methoxy groups -OCH3 is 1. The summed E-state index contributed by atoms with van der Waals surface area (Å²) in [4.78, 5) is 41.8. The number of rotatable bonds is 9. The van der Waals surface area contributed by atoms with E-state index in [1.807, 2.05) is 12.1 Å². The molecular weight excluding hydrogens is 641 g/mol. The Bertz CT molecular complexity index is 1630. The average molecular weight is 684 g/mol. The van der Waals surface area contributed by atoms with Crippen LogP contribution in [0.3, 0.4) is 0 Å². The number of nitrogens with one attached hydrogen (secondary N) is 2. The van der Waals surface area contributed by atoms with Crippen molar-refractivity contribution in [1.29, 1.82) is 0 Å². The first-order valence-electron chi connectivity index (χ1n) is 17.2. The van der Waals surface area contributed by atoms with Crippen LogP contribution in [0.15, 0.2) is 12.1 Å². The van der Waals surface area contributed by atoms with Gasteiger partial charge in [0, 0.05) is 55.5 Å². The van der Waals surface area contributed by atoms with E-state index in [9.17, 15) is 14.0 Å². The average Bonchev–Trinajstić information content (AvgIpc) is 3.37. The highest BCUT2D eigenvalue weighted by atomic mass is 35.5. The minimum atomic E-state index is -1.01. The third-order valence-corrected chi connectivity index (χ3v) is 11.6. The molecule has 3 amide bonds. The van der Waals surface area contributed by atoms with Gasteiger partial charge in [-0.1, -0.05) is 18.5 Å². The Hall–Kier alpha value is -3.42. The number of hydrogen-bond donors (Lipinski definition) is 2. The Morgan fingerprint density at radius 3 is 2.71 bits per heavy atom. The summed E-state index contributed by atoms with van der Waals surface area (Å²) in [7, 11) is 1.59. The molecule has 6 heterocycles. The molecule has 0 bridgehead atoms. The molecule has 6 aliphatic rings. The van der Waals surface area contributed by atoms with Crippen LogP contribution in [0.25, 0.3) is 0 Å². The van der Waals surface area contributed by atoms with Gasteiger partial charge < -0.3 is 29.3 Å². The fraction of sp³-hybridized carbons (Fsp3) is 0.647. The molecule has 2 N–H and O–H groups in total. The third kappa shape index (κ3) is 5.61. The van der Waals surface area contributed by atoms with Crippen LogP contribution in [-0.4, -0.2) is 97.3 Å². The van der Waals surface area contributed by atoms with Gasteiger partial charge in [0.2, 0.25) is 0 Å². The number of carbonyl (C=O) groups is 2. The smallest absolute Gasteiger partial charge is 0.322 e. The number of piperidine rings is 1. The fourth-order valence-electron chi connectivity index (χ4n) is 8.76. The molecule has 5 atom stereocenters. The lowest BCUT2D eigenvalue weighted by Crippen LogP contribution is -2.59. The van der Waals surface area contributed by atoms with Crippen molar-refractivity contribution in [3.63, 3.8) is 0 Å². The van der Waals surface area contributed by atoms with Gasteiger partial charge in [-0.2, -0.15) is 9.97 Å². The largest absolute Gasteiger partial charge is 0.467 e. The second-order valence-corrected chi connectivity index (χ2v) is 14.9. The van der Waals surface area contributed by atoms with Crippen LogP contribution in [-0.2, 0) is 22.5 Å². The molecule has 1 saturated carbocycles. The Kier molecular flexibility index (Phi) is 8.07. The van der Waals surface area contributed by atoms with E-state index in [1.165, 1.54) is 0 Å². The van der Waals surface area contributed by atoms with Crippen LogP contribution in [0, 0.1) is 5.92 Å². The number of benzene rings is 1. The summed E-state index contributed by atoms with van der Waals surface area (Å²) < 4.78 is 32.0. The number of alkyl halides is 1. The van der Waals surface area contributed by atoms with E-state index in [1.54, 1.807) is 7.11 Å². The molecule has 5 aliphatic heterocycles. The van der Waals surface area contributed by atoms with Gasteiger partial charge in [0.25, 0.3) is 5.91 Å². The Balaban J connectivity index is 1.14. The summed E-state index contributed by atoms with van der Waals surface area (Å²) in [5, 5.41) is 5.99. The van der Waals surface area contributed by atoms with Crippen molar-refractivity contribution in [1.82, 2.24) is 25.5 Å². The second kappa shape index (κ2) is 12.2. The van der Waals surface area contributed by atoms with Gasteiger partial charge in [-0.3, -0.25) is 15.0 Å². The Morgan fingerprint density at radius 1 is 1.10 bits per heavy atom. The van der Waals surface area contributed by atoms with Crippen molar-refractivity contribution in [2.45, 2.75) is 81.6 Å². The molecule has 5 fully saturated rings. The first kappa shape index (κ1) is 31.8. The van der Waals surface area contributed by atoms with Gasteiger partial charge in [0.05, 0.1) is 24.3 Å². The SMILES string of the molecule is COCOc1cc(Cl)c([C@@H]2C[C@@H]2C)c(N2CCc3c(nc(OC[C@@]45CCCN4C[C@H](F)C5)nc3N3CCC[C@]4(C3)NC(=O)NC4=O)C2)c1. The topological polar surface area (TPSA) is 121 Å². The first-order valence-corrected chi connectivity index (χ1v) is 17.6. The van der Waals surface area contributed by atoms with Crippen LogP contribution < -0.4 is 29.9 Å². The van der Waals surface area contributed by atoms with E-state index in [-0.39, 0.29) is 24.2 Å². The molecule has 258 valence electrons. The normalized spacial score (nSPS) is 31.1. The molecule has 12 nitrogen and oxygen atoms in total. The molecule has 1 aliphatic carbocycles. The molecule has 1 aromatic heterocycles. The maximum Gasteiger partial charge on any atom is 0.322 e. The molecule has 0 radical (unpaired) electrons. The molecule has 0 unspecified atom stereocenters. The van der Waals surface area contributed by atoms with Crippen molar-refractivity contribution in [3.05, 3.63) is 34.0 Å². The van der Waals surface area contributed by atoms with Gasteiger partial charge in [0.15, 0.2) is 6.79 Å². The maximum absolute atomic E-state index is 14.6. The predicted octanol–water partition coefficient (Wildman–Crippen LogP) is 3.93. The fourth-order valence-corrected chi connectivity index (χ4v) is 9.11. The van der Waals surface area contributed by atoms with Crippen molar-refractivity contribution in [2.24, 2.45) is 5.92 Å². The standard InChI is InChI=1S/C34H43ClFN7O5/c1-20-11-24(20)28-25(35)12-22(48-19-46-2)13-27(28)41-10-5-23-26(16-41)37-32(47-18-33-6-3-9-43(33)15-21(36)14-33)38-29(23)42-8-4-7-34(17-42)30(44)39-31(45)40-34/h12-13,20-21,24H,3-11,14-19H2,1-2H3,(H2,39,40,44,45)/t20-,21+,24+,33-,34+/m0/s1. The van der Waals surface area contributed by atoms with Crippen LogP contribution in [0.5, 0.6) is 11.8 Å². The summed E-state index contributed by atoms with van der Waals surface area (Å²) in [6.45, 7) is 6.17. The van der Waals surface area contributed by atoms with E-state index < -0.39 is 17.7 Å². The van der Waals surface area contributed by atoms with E-state index in [0.717, 1.165) is 54.1 Å². The first-order chi connectivity index (χ1) is 23.2. The summed E-state index contributed by atoms with van der Waals surface area (Å²) in [5.74, 6) is 1.99. The number of halogens is 2. The van der Waals surface area contributed by atoms with Crippen molar-refractivity contribution in [3.8, 4) is 11.8 Å². The molecule has 2 aromatic rings.